The summed E-state index contributed by atoms with van der Waals surface area (Å²) in [6.45, 7) is 4.00. The second kappa shape index (κ2) is 5.81. The number of aromatic nitrogens is 1. The van der Waals surface area contributed by atoms with Gasteiger partial charge in [0.1, 0.15) is 10.9 Å². The number of rotatable bonds is 1. The molecule has 0 bridgehead atoms. The zero-order valence-corrected chi connectivity index (χ0v) is 8.75. The fraction of sp³-hybridized carbons (Fsp3) is 0.429. The van der Waals surface area contributed by atoms with Gasteiger partial charge in [-0.05, 0) is 0 Å². The molecule has 0 saturated heterocycles. The van der Waals surface area contributed by atoms with Gasteiger partial charge in [0.05, 0.1) is 0 Å². The Labute approximate surface area is 81.0 Å². The van der Waals surface area contributed by atoms with E-state index in [-0.39, 0.29) is 5.15 Å². The Kier molecular flexibility index (Phi) is 5.43. The van der Waals surface area contributed by atoms with Crippen molar-refractivity contribution < 1.29 is 0 Å². The van der Waals surface area contributed by atoms with Crippen LogP contribution in [0.5, 0.6) is 0 Å². The quantitative estimate of drug-likeness (QED) is 0.764. The van der Waals surface area contributed by atoms with E-state index < -0.39 is 0 Å². The summed E-state index contributed by atoms with van der Waals surface area (Å²) in [4.78, 5) is 4.30. The smallest absolute Gasteiger partial charge is 0.185 e. The average molecular weight is 204 g/mol. The number of nitrogens with one attached hydrogen (secondary N) is 1. The SMILES string of the molecule is CC.CNc1nc(Cl)c(C#N)s1. The molecule has 0 spiro atoms. The summed E-state index contributed by atoms with van der Waals surface area (Å²) in [6, 6.07) is 1.93. The maximum atomic E-state index is 8.44. The fourth-order valence-corrected chi connectivity index (χ4v) is 1.38. The van der Waals surface area contributed by atoms with Crippen LogP contribution in [0.25, 0.3) is 0 Å². The van der Waals surface area contributed by atoms with Crippen molar-refractivity contribution in [2.75, 3.05) is 12.4 Å². The van der Waals surface area contributed by atoms with Crippen molar-refractivity contribution in [2.45, 2.75) is 13.8 Å². The van der Waals surface area contributed by atoms with Crippen LogP contribution in [0.3, 0.4) is 0 Å². The molecule has 3 nitrogen and oxygen atoms in total. The highest BCUT2D eigenvalue weighted by atomic mass is 35.5. The molecule has 1 aromatic rings. The third kappa shape index (κ3) is 2.68. The highest BCUT2D eigenvalue weighted by Crippen LogP contribution is 2.24. The molecule has 0 saturated carbocycles. The van der Waals surface area contributed by atoms with Crippen LogP contribution in [-0.4, -0.2) is 12.0 Å². The van der Waals surface area contributed by atoms with Gasteiger partial charge < -0.3 is 5.32 Å². The maximum absolute atomic E-state index is 8.44. The first-order valence-corrected chi connectivity index (χ1v) is 4.71. The summed E-state index contributed by atoms with van der Waals surface area (Å²) in [5.41, 5.74) is 0. The van der Waals surface area contributed by atoms with Crippen molar-refractivity contribution >= 4 is 28.1 Å². The number of hydrogen-bond acceptors (Lipinski definition) is 4. The number of hydrogen-bond donors (Lipinski definition) is 1. The zero-order chi connectivity index (χ0) is 9.56. The Morgan fingerprint density at radius 2 is 2.17 bits per heavy atom. The van der Waals surface area contributed by atoms with Gasteiger partial charge in [0.2, 0.25) is 0 Å². The first-order chi connectivity index (χ1) is 5.77. The molecule has 1 N–H and O–H groups in total. The molecule has 0 fully saturated rings. The summed E-state index contributed by atoms with van der Waals surface area (Å²) < 4.78 is 0. The van der Waals surface area contributed by atoms with Crippen molar-refractivity contribution in [1.82, 2.24) is 4.98 Å². The van der Waals surface area contributed by atoms with Gasteiger partial charge in [-0.25, -0.2) is 4.98 Å². The molecular formula is C7H10ClN3S. The molecule has 1 rings (SSSR count). The average Bonchev–Trinajstić information content (AvgIpc) is 2.49. The largest absolute Gasteiger partial charge is 0.365 e. The number of halogens is 1. The predicted molar refractivity (Wildman–Crippen MR) is 52.7 cm³/mol. The minimum atomic E-state index is 0.275. The molecule has 0 unspecified atom stereocenters. The lowest BCUT2D eigenvalue weighted by Gasteiger charge is -1.84. The lowest BCUT2D eigenvalue weighted by atomic mass is 10.6. The summed E-state index contributed by atoms with van der Waals surface area (Å²) in [5.74, 6) is 0. The Morgan fingerprint density at radius 1 is 1.58 bits per heavy atom. The zero-order valence-electron chi connectivity index (χ0n) is 7.18. The summed E-state index contributed by atoms with van der Waals surface area (Å²) in [7, 11) is 1.73. The second-order valence-electron chi connectivity index (χ2n) is 1.50. The van der Waals surface area contributed by atoms with Crippen LogP contribution in [0.15, 0.2) is 0 Å². The topological polar surface area (TPSA) is 48.7 Å². The van der Waals surface area contributed by atoms with Crippen molar-refractivity contribution in [3.8, 4) is 6.07 Å². The van der Waals surface area contributed by atoms with Gasteiger partial charge in [0.25, 0.3) is 0 Å². The highest BCUT2D eigenvalue weighted by Gasteiger charge is 2.05. The van der Waals surface area contributed by atoms with E-state index in [4.69, 9.17) is 16.9 Å². The summed E-state index contributed by atoms with van der Waals surface area (Å²) >= 11 is 6.80. The van der Waals surface area contributed by atoms with Gasteiger partial charge in [0.15, 0.2) is 10.3 Å². The van der Waals surface area contributed by atoms with E-state index in [1.54, 1.807) is 7.05 Å². The van der Waals surface area contributed by atoms with Gasteiger partial charge in [-0.1, -0.05) is 36.8 Å². The normalized spacial score (nSPS) is 7.92. The van der Waals surface area contributed by atoms with E-state index in [9.17, 15) is 0 Å². The van der Waals surface area contributed by atoms with Gasteiger partial charge in [0, 0.05) is 7.05 Å². The van der Waals surface area contributed by atoms with E-state index in [0.29, 0.717) is 10.0 Å². The third-order valence-corrected chi connectivity index (χ3v) is 2.26. The first kappa shape index (κ1) is 11.2. The molecule has 0 radical (unpaired) electrons. The first-order valence-electron chi connectivity index (χ1n) is 3.52. The molecule has 0 amide bonds. The number of thiazole rings is 1. The van der Waals surface area contributed by atoms with E-state index in [2.05, 4.69) is 10.3 Å². The molecule has 12 heavy (non-hydrogen) atoms. The molecule has 0 aliphatic rings. The number of nitriles is 1. The molecule has 0 aromatic carbocycles. The number of anilines is 1. The van der Waals surface area contributed by atoms with Crippen LogP contribution in [-0.2, 0) is 0 Å². The summed E-state index contributed by atoms with van der Waals surface area (Å²) in [6.07, 6.45) is 0. The van der Waals surface area contributed by atoms with Crippen molar-refractivity contribution in [3.05, 3.63) is 10.0 Å². The molecule has 0 atom stereocenters. The lowest BCUT2D eigenvalue weighted by molar-refractivity contribution is 1.36. The van der Waals surface area contributed by atoms with Gasteiger partial charge in [-0.15, -0.1) is 0 Å². The highest BCUT2D eigenvalue weighted by molar-refractivity contribution is 7.16. The van der Waals surface area contributed by atoms with E-state index in [1.165, 1.54) is 11.3 Å². The minimum Gasteiger partial charge on any atom is -0.365 e. The molecule has 0 aliphatic heterocycles. The summed E-state index contributed by atoms with van der Waals surface area (Å²) in [5, 5.41) is 12.2. The minimum absolute atomic E-state index is 0.275. The Balaban J connectivity index is 0.000000561. The van der Waals surface area contributed by atoms with E-state index in [0.717, 1.165) is 0 Å². The van der Waals surface area contributed by atoms with Crippen LogP contribution in [0.2, 0.25) is 5.15 Å². The molecule has 0 aliphatic carbocycles. The third-order valence-electron chi connectivity index (χ3n) is 0.901. The van der Waals surface area contributed by atoms with Crippen molar-refractivity contribution in [2.24, 2.45) is 0 Å². The molecule has 5 heteroatoms. The Bertz CT molecular complexity index is 277. The fourth-order valence-electron chi connectivity index (χ4n) is 0.477. The van der Waals surface area contributed by atoms with Crippen LogP contribution in [0.1, 0.15) is 18.7 Å². The molecule has 1 aromatic heterocycles. The van der Waals surface area contributed by atoms with Crippen molar-refractivity contribution in [3.63, 3.8) is 0 Å². The molecular weight excluding hydrogens is 194 g/mol. The maximum Gasteiger partial charge on any atom is 0.185 e. The van der Waals surface area contributed by atoms with Gasteiger partial charge >= 0.3 is 0 Å². The predicted octanol–water partition coefficient (Wildman–Crippen LogP) is 2.74. The van der Waals surface area contributed by atoms with E-state index >= 15 is 0 Å². The van der Waals surface area contributed by atoms with Crippen LogP contribution < -0.4 is 5.32 Å². The van der Waals surface area contributed by atoms with Crippen LogP contribution in [0, 0.1) is 11.3 Å². The van der Waals surface area contributed by atoms with Crippen molar-refractivity contribution in [1.29, 1.82) is 5.26 Å². The standard InChI is InChI=1S/C5H4ClN3S.C2H6/c1-8-5-9-4(6)3(2-7)10-5;1-2/h1H3,(H,8,9);1-2H3. The number of nitrogens with zero attached hydrogens (tertiary/aromatic N) is 2. The monoisotopic (exact) mass is 203 g/mol. The Hall–Kier alpha value is -0.790. The lowest BCUT2D eigenvalue weighted by Crippen LogP contribution is -1.83. The van der Waals surface area contributed by atoms with E-state index in [1.807, 2.05) is 19.9 Å². The van der Waals surface area contributed by atoms with Gasteiger partial charge in [-0.3, -0.25) is 0 Å². The Morgan fingerprint density at radius 3 is 2.42 bits per heavy atom. The molecule has 66 valence electrons. The second-order valence-corrected chi connectivity index (χ2v) is 2.86. The molecule has 1 heterocycles. The van der Waals surface area contributed by atoms with Crippen LogP contribution in [0.4, 0.5) is 5.13 Å². The van der Waals surface area contributed by atoms with Crippen LogP contribution >= 0.6 is 22.9 Å². The van der Waals surface area contributed by atoms with Gasteiger partial charge in [-0.2, -0.15) is 5.26 Å².